The van der Waals surface area contributed by atoms with E-state index in [1.807, 2.05) is 42.5 Å². The van der Waals surface area contributed by atoms with Crippen molar-refractivity contribution in [3.8, 4) is 0 Å². The van der Waals surface area contributed by atoms with Crippen LogP contribution in [0.2, 0.25) is 0 Å². The molecule has 234 valence electrons. The number of aliphatic imine (C=N–C) groups is 1. The molecule has 8 nitrogen and oxygen atoms in total. The van der Waals surface area contributed by atoms with E-state index in [9.17, 15) is 10.1 Å². The van der Waals surface area contributed by atoms with Crippen LogP contribution < -0.4 is 16.0 Å². The van der Waals surface area contributed by atoms with Crippen molar-refractivity contribution < 1.29 is 9.58 Å². The van der Waals surface area contributed by atoms with Crippen LogP contribution in [0.25, 0.3) is 16.7 Å². The average molecular weight is 638 g/mol. The Kier molecular flexibility index (Phi) is 6.67. The number of allylic oxidation sites excluding steroid dienone is 1. The molecular weight excluding hydrogens is 609 g/mol. The standard InChI is InChI=1S/C40H28BN5O3/c1-49-41-44-33-21-22-34(44)38(27-13-7-3-8-14-27)35-23-24-36(45(35)41)39(28-15-9-4-10-16-28)40-32(42-29-17-19-30(20-18-29)46(47)48)25-31(43-40)37(33)26-11-5-2-6-12-26/h2-25,42H,1H3. The number of nitrogens with one attached hydrogen (secondary N) is 1. The molecule has 5 heterocycles. The van der Waals surface area contributed by atoms with Gasteiger partial charge in [0.05, 0.1) is 22.0 Å². The van der Waals surface area contributed by atoms with Crippen LogP contribution in [0.4, 0.5) is 11.4 Å². The number of hydrogen-bond acceptors (Lipinski definition) is 5. The zero-order chi connectivity index (χ0) is 33.1. The third-order valence-electron chi connectivity index (χ3n) is 9.32. The van der Waals surface area contributed by atoms with Crippen LogP contribution in [-0.2, 0) is 4.65 Å². The quantitative estimate of drug-likeness (QED) is 0.128. The van der Waals surface area contributed by atoms with E-state index in [0.29, 0.717) is 0 Å². The summed E-state index contributed by atoms with van der Waals surface area (Å²) in [7, 11) is 1.27. The predicted molar refractivity (Wildman–Crippen MR) is 193 cm³/mol. The van der Waals surface area contributed by atoms with Gasteiger partial charge in [0, 0.05) is 63.7 Å². The van der Waals surface area contributed by atoms with Crippen molar-refractivity contribution in [3.05, 3.63) is 206 Å². The second-order valence-electron chi connectivity index (χ2n) is 12.1. The van der Waals surface area contributed by atoms with Gasteiger partial charge in [0.15, 0.2) is 0 Å². The molecule has 0 unspecified atom stereocenters. The average Bonchev–Trinajstić information content (AvgIpc) is 3.88. The molecule has 0 radical (unpaired) electrons. The molecule has 0 fully saturated rings. The Labute approximate surface area is 282 Å². The van der Waals surface area contributed by atoms with Crippen LogP contribution in [-0.4, -0.2) is 33.9 Å². The van der Waals surface area contributed by atoms with Crippen LogP contribution in [0.15, 0.2) is 162 Å². The fourth-order valence-corrected chi connectivity index (χ4v) is 7.24. The number of non-ortho nitro benzene ring substituents is 1. The van der Waals surface area contributed by atoms with Gasteiger partial charge in [-0.2, -0.15) is 0 Å². The first kappa shape index (κ1) is 28.8. The van der Waals surface area contributed by atoms with E-state index in [4.69, 9.17) is 9.65 Å². The molecule has 4 bridgehead atoms. The lowest BCUT2D eigenvalue weighted by atomic mass is 9.88. The van der Waals surface area contributed by atoms with Crippen molar-refractivity contribution in [3.63, 3.8) is 0 Å². The summed E-state index contributed by atoms with van der Waals surface area (Å²) in [4.78, 5) is 16.5. The van der Waals surface area contributed by atoms with Gasteiger partial charge in [0.2, 0.25) is 0 Å². The van der Waals surface area contributed by atoms with E-state index < -0.39 is 12.1 Å². The number of rotatable bonds is 7. The summed E-state index contributed by atoms with van der Waals surface area (Å²) >= 11 is 0. The Morgan fingerprint density at radius 1 is 0.653 bits per heavy atom. The first-order valence-electron chi connectivity index (χ1n) is 16.0. The molecule has 49 heavy (non-hydrogen) atoms. The van der Waals surface area contributed by atoms with E-state index >= 15 is 0 Å². The molecule has 0 atom stereocenters. The minimum absolute atomic E-state index is 0.0330. The third kappa shape index (κ3) is 4.55. The number of nitro benzene ring substituents is 1. The molecule has 6 aromatic rings. The van der Waals surface area contributed by atoms with E-state index in [0.717, 1.165) is 78.3 Å². The lowest BCUT2D eigenvalue weighted by Crippen LogP contribution is -2.52. The summed E-state index contributed by atoms with van der Waals surface area (Å²) in [5.41, 5.74) is 11.2. The Bertz CT molecular complexity index is 2510. The minimum atomic E-state index is -0.491. The van der Waals surface area contributed by atoms with Crippen molar-refractivity contribution in [1.82, 2.24) is 8.96 Å². The summed E-state index contributed by atoms with van der Waals surface area (Å²) in [5.74, 6) is 0. The molecule has 9 heteroatoms. The maximum Gasteiger partial charge on any atom is 0.557 e. The van der Waals surface area contributed by atoms with E-state index in [1.165, 1.54) is 12.1 Å². The summed E-state index contributed by atoms with van der Waals surface area (Å²) in [6.45, 7) is 0. The highest BCUT2D eigenvalue weighted by Gasteiger charge is 2.38. The van der Waals surface area contributed by atoms with Gasteiger partial charge in [-0.1, -0.05) is 91.0 Å². The highest BCUT2D eigenvalue weighted by Crippen LogP contribution is 2.39. The Hall–Kier alpha value is -6.45. The molecule has 4 aromatic carbocycles. The number of hydrogen-bond donors (Lipinski definition) is 1. The topological polar surface area (TPSA) is 86.6 Å². The van der Waals surface area contributed by atoms with Gasteiger partial charge in [-0.3, -0.25) is 10.1 Å². The molecular formula is C40H28BN5O3. The van der Waals surface area contributed by atoms with Crippen LogP contribution >= 0.6 is 0 Å². The number of fused-ring (bicyclic) bond motifs is 1. The molecule has 0 saturated heterocycles. The highest BCUT2D eigenvalue weighted by atomic mass is 16.6. The van der Waals surface area contributed by atoms with Crippen LogP contribution in [0.3, 0.4) is 0 Å². The van der Waals surface area contributed by atoms with Crippen molar-refractivity contribution in [2.75, 3.05) is 12.4 Å². The molecule has 0 amide bonds. The van der Waals surface area contributed by atoms with Gasteiger partial charge in [-0.25, -0.2) is 4.99 Å². The molecule has 3 aliphatic rings. The molecule has 0 spiro atoms. The fraction of sp³-hybridized carbons (Fsp3) is 0.0250. The van der Waals surface area contributed by atoms with Crippen molar-refractivity contribution >= 4 is 41.0 Å². The van der Waals surface area contributed by atoms with Gasteiger partial charge in [-0.05, 0) is 59.2 Å². The van der Waals surface area contributed by atoms with E-state index in [-0.39, 0.29) is 5.69 Å². The lowest BCUT2D eigenvalue weighted by molar-refractivity contribution is -0.384. The number of benzene rings is 4. The first-order chi connectivity index (χ1) is 24.1. The predicted octanol–water partition coefficient (Wildman–Crippen LogP) is 6.21. The Balaban J connectivity index is 1.42. The number of anilines is 1. The maximum atomic E-state index is 11.4. The van der Waals surface area contributed by atoms with Gasteiger partial charge in [0.1, 0.15) is 0 Å². The molecule has 1 N–H and O–H groups in total. The summed E-state index contributed by atoms with van der Waals surface area (Å²) in [6, 6.07) is 46.3. The van der Waals surface area contributed by atoms with Crippen LogP contribution in [0.5, 0.6) is 0 Å². The Morgan fingerprint density at radius 3 is 1.76 bits per heavy atom. The van der Waals surface area contributed by atoms with E-state index in [2.05, 4.69) is 93.1 Å². The summed E-state index contributed by atoms with van der Waals surface area (Å²) in [6.07, 6.45) is 2.08. The summed E-state index contributed by atoms with van der Waals surface area (Å²) < 4.78 is 11.0. The second-order valence-corrected chi connectivity index (χ2v) is 12.1. The maximum absolute atomic E-state index is 11.4. The van der Waals surface area contributed by atoms with Crippen LogP contribution in [0, 0.1) is 10.1 Å². The van der Waals surface area contributed by atoms with Gasteiger partial charge < -0.3 is 18.9 Å². The SMILES string of the molecule is COB1n2c3ccc2C(c2ccccc2)=c2ccc(n21)=C(c1ccccc1)C1=NC(=C3c2ccccc2)C(Nc2ccc([N+](=O)[O-])cc2)=C1. The monoisotopic (exact) mass is 637 g/mol. The molecule has 0 saturated carbocycles. The van der Waals surface area contributed by atoms with Crippen molar-refractivity contribution in [2.45, 2.75) is 0 Å². The molecule has 9 rings (SSSR count). The normalized spacial score (nSPS) is 14.5. The smallest absolute Gasteiger partial charge is 0.400 e. The van der Waals surface area contributed by atoms with Gasteiger partial charge >= 0.3 is 7.19 Å². The largest absolute Gasteiger partial charge is 0.557 e. The zero-order valence-corrected chi connectivity index (χ0v) is 26.4. The number of nitro groups is 1. The van der Waals surface area contributed by atoms with Crippen molar-refractivity contribution in [2.24, 2.45) is 4.99 Å². The molecule has 2 aromatic heterocycles. The zero-order valence-electron chi connectivity index (χ0n) is 26.4. The third-order valence-corrected chi connectivity index (χ3v) is 9.32. The second kappa shape index (κ2) is 11.4. The summed E-state index contributed by atoms with van der Waals surface area (Å²) in [5, 5.41) is 17.0. The minimum Gasteiger partial charge on any atom is -0.400 e. The number of aromatic nitrogens is 2. The van der Waals surface area contributed by atoms with Gasteiger partial charge in [-0.15, -0.1) is 0 Å². The number of nitrogens with zero attached hydrogens (tertiary/aromatic N) is 4. The molecule has 0 aliphatic carbocycles. The van der Waals surface area contributed by atoms with Crippen molar-refractivity contribution in [1.29, 1.82) is 0 Å². The Morgan fingerprint density at radius 2 is 1.18 bits per heavy atom. The van der Waals surface area contributed by atoms with Crippen LogP contribution in [0.1, 0.15) is 28.1 Å². The lowest BCUT2D eigenvalue weighted by Gasteiger charge is -2.29. The highest BCUT2D eigenvalue weighted by molar-refractivity contribution is 6.50. The molecule has 3 aliphatic heterocycles. The first-order valence-corrected chi connectivity index (χ1v) is 16.0. The van der Waals surface area contributed by atoms with E-state index in [1.54, 1.807) is 19.2 Å². The van der Waals surface area contributed by atoms with Gasteiger partial charge in [0.25, 0.3) is 5.69 Å². The fourth-order valence-electron chi connectivity index (χ4n) is 7.24.